The largest absolute Gasteiger partial charge is 0.275 e. The second-order valence-electron chi connectivity index (χ2n) is 6.17. The molecule has 0 unspecified atom stereocenters. The first-order chi connectivity index (χ1) is 9.34. The SMILES string of the molecule is Cc1nc(-c2cnn(C(C)(C)C)c2)cc2nn(C)cc12. The Kier molecular flexibility index (Phi) is 2.67. The molecule has 5 nitrogen and oxygen atoms in total. The Hall–Kier alpha value is -2.17. The summed E-state index contributed by atoms with van der Waals surface area (Å²) in [6.07, 6.45) is 5.90. The maximum atomic E-state index is 4.67. The molecule has 0 aliphatic heterocycles. The van der Waals surface area contributed by atoms with Crippen molar-refractivity contribution in [1.29, 1.82) is 0 Å². The van der Waals surface area contributed by atoms with Gasteiger partial charge in [-0.25, -0.2) is 0 Å². The Morgan fingerprint density at radius 3 is 2.55 bits per heavy atom. The number of pyridine rings is 1. The highest BCUT2D eigenvalue weighted by Crippen LogP contribution is 2.24. The van der Waals surface area contributed by atoms with E-state index in [0.29, 0.717) is 0 Å². The second-order valence-corrected chi connectivity index (χ2v) is 6.17. The molecule has 0 saturated heterocycles. The minimum atomic E-state index is -0.0254. The topological polar surface area (TPSA) is 48.5 Å². The summed E-state index contributed by atoms with van der Waals surface area (Å²) < 4.78 is 3.78. The molecule has 0 aromatic carbocycles. The Balaban J connectivity index is 2.12. The second kappa shape index (κ2) is 4.16. The molecule has 0 atom stereocenters. The zero-order chi connectivity index (χ0) is 14.5. The molecule has 0 amide bonds. The highest BCUT2D eigenvalue weighted by Gasteiger charge is 2.16. The monoisotopic (exact) mass is 269 g/mol. The van der Waals surface area contributed by atoms with E-state index >= 15 is 0 Å². The van der Waals surface area contributed by atoms with E-state index in [2.05, 4.69) is 36.0 Å². The lowest BCUT2D eigenvalue weighted by atomic mass is 10.1. The van der Waals surface area contributed by atoms with E-state index < -0.39 is 0 Å². The van der Waals surface area contributed by atoms with Crippen molar-refractivity contribution in [1.82, 2.24) is 24.5 Å². The zero-order valence-corrected chi connectivity index (χ0v) is 12.5. The Labute approximate surface area is 118 Å². The molecule has 3 heterocycles. The van der Waals surface area contributed by atoms with Gasteiger partial charge < -0.3 is 0 Å². The number of hydrogen-bond acceptors (Lipinski definition) is 3. The minimum absolute atomic E-state index is 0.0254. The van der Waals surface area contributed by atoms with E-state index in [4.69, 9.17) is 0 Å². The van der Waals surface area contributed by atoms with E-state index in [-0.39, 0.29) is 5.54 Å². The number of aromatic nitrogens is 5. The molecule has 0 aliphatic rings. The molecule has 0 aliphatic carbocycles. The number of rotatable bonds is 1. The van der Waals surface area contributed by atoms with Crippen LogP contribution in [0, 0.1) is 6.92 Å². The van der Waals surface area contributed by atoms with Crippen LogP contribution in [0.25, 0.3) is 22.2 Å². The molecule has 5 heteroatoms. The summed E-state index contributed by atoms with van der Waals surface area (Å²) in [5.74, 6) is 0. The van der Waals surface area contributed by atoms with Crippen LogP contribution in [-0.4, -0.2) is 24.5 Å². The fourth-order valence-corrected chi connectivity index (χ4v) is 2.26. The molecule has 104 valence electrons. The van der Waals surface area contributed by atoms with Crippen molar-refractivity contribution in [3.05, 3.63) is 30.4 Å². The number of hydrogen-bond donors (Lipinski definition) is 0. The minimum Gasteiger partial charge on any atom is -0.275 e. The summed E-state index contributed by atoms with van der Waals surface area (Å²) in [7, 11) is 1.93. The quantitative estimate of drug-likeness (QED) is 0.682. The van der Waals surface area contributed by atoms with E-state index in [1.807, 2.05) is 48.0 Å². The van der Waals surface area contributed by atoms with Gasteiger partial charge >= 0.3 is 0 Å². The summed E-state index contributed by atoms with van der Waals surface area (Å²) in [5.41, 5.74) is 3.88. The first-order valence-electron chi connectivity index (χ1n) is 6.71. The van der Waals surface area contributed by atoms with Gasteiger partial charge in [0.2, 0.25) is 0 Å². The van der Waals surface area contributed by atoms with Crippen LogP contribution in [0.2, 0.25) is 0 Å². The smallest absolute Gasteiger partial charge is 0.0963 e. The molecule has 3 rings (SSSR count). The van der Waals surface area contributed by atoms with Gasteiger partial charge in [-0.05, 0) is 33.8 Å². The first-order valence-corrected chi connectivity index (χ1v) is 6.71. The van der Waals surface area contributed by atoms with Crippen LogP contribution < -0.4 is 0 Å². The van der Waals surface area contributed by atoms with Crippen molar-refractivity contribution < 1.29 is 0 Å². The van der Waals surface area contributed by atoms with Gasteiger partial charge in [-0.2, -0.15) is 10.2 Å². The van der Waals surface area contributed by atoms with E-state index in [9.17, 15) is 0 Å². The van der Waals surface area contributed by atoms with Crippen molar-refractivity contribution in [3.8, 4) is 11.3 Å². The number of fused-ring (bicyclic) bond motifs is 1. The van der Waals surface area contributed by atoms with Crippen molar-refractivity contribution in [2.45, 2.75) is 33.2 Å². The molecule has 0 radical (unpaired) electrons. The molecule has 20 heavy (non-hydrogen) atoms. The molecule has 3 aromatic rings. The third-order valence-corrected chi connectivity index (χ3v) is 3.37. The lowest BCUT2D eigenvalue weighted by Gasteiger charge is -2.18. The van der Waals surface area contributed by atoms with Crippen LogP contribution >= 0.6 is 0 Å². The van der Waals surface area contributed by atoms with E-state index in [1.54, 1.807) is 0 Å². The van der Waals surface area contributed by atoms with Crippen LogP contribution in [0.15, 0.2) is 24.7 Å². The number of nitrogens with zero attached hydrogens (tertiary/aromatic N) is 5. The van der Waals surface area contributed by atoms with Gasteiger partial charge in [0.25, 0.3) is 0 Å². The van der Waals surface area contributed by atoms with Crippen LogP contribution in [-0.2, 0) is 12.6 Å². The van der Waals surface area contributed by atoms with Crippen LogP contribution in [0.1, 0.15) is 26.5 Å². The first kappa shape index (κ1) is 12.8. The van der Waals surface area contributed by atoms with Crippen LogP contribution in [0.5, 0.6) is 0 Å². The van der Waals surface area contributed by atoms with Gasteiger partial charge in [0.05, 0.1) is 22.9 Å². The van der Waals surface area contributed by atoms with Crippen LogP contribution in [0.3, 0.4) is 0 Å². The lowest BCUT2D eigenvalue weighted by Crippen LogP contribution is -2.21. The summed E-state index contributed by atoms with van der Waals surface area (Å²) >= 11 is 0. The number of aryl methyl sites for hydroxylation is 2. The Bertz CT molecular complexity index is 773. The van der Waals surface area contributed by atoms with Gasteiger partial charge in [-0.1, -0.05) is 0 Å². The fourth-order valence-electron chi connectivity index (χ4n) is 2.26. The maximum Gasteiger partial charge on any atom is 0.0963 e. The summed E-state index contributed by atoms with van der Waals surface area (Å²) in [6, 6.07) is 2.02. The molecule has 0 N–H and O–H groups in total. The molecular formula is C15H19N5. The standard InChI is InChI=1S/C15H19N5/c1-10-12-9-19(5)18-14(12)6-13(17-10)11-7-16-20(8-11)15(2,3)4/h6-9H,1-5H3. The van der Waals surface area contributed by atoms with E-state index in [0.717, 1.165) is 27.9 Å². The lowest BCUT2D eigenvalue weighted by molar-refractivity contribution is 0.355. The van der Waals surface area contributed by atoms with Gasteiger partial charge in [-0.15, -0.1) is 0 Å². The summed E-state index contributed by atoms with van der Waals surface area (Å²) in [4.78, 5) is 4.67. The highest BCUT2D eigenvalue weighted by molar-refractivity contribution is 5.84. The third-order valence-electron chi connectivity index (χ3n) is 3.37. The predicted molar refractivity (Wildman–Crippen MR) is 79.5 cm³/mol. The van der Waals surface area contributed by atoms with Gasteiger partial charge in [0, 0.05) is 36.1 Å². The van der Waals surface area contributed by atoms with Crippen molar-refractivity contribution in [2.24, 2.45) is 7.05 Å². The molecule has 0 fully saturated rings. The zero-order valence-electron chi connectivity index (χ0n) is 12.5. The normalized spacial score (nSPS) is 12.2. The molecule has 3 aromatic heterocycles. The predicted octanol–water partition coefficient (Wildman–Crippen LogP) is 2.90. The van der Waals surface area contributed by atoms with Crippen molar-refractivity contribution in [3.63, 3.8) is 0 Å². The van der Waals surface area contributed by atoms with Gasteiger partial charge in [0.1, 0.15) is 0 Å². The summed E-state index contributed by atoms with van der Waals surface area (Å²) in [6.45, 7) is 8.40. The average molecular weight is 269 g/mol. The van der Waals surface area contributed by atoms with E-state index in [1.165, 1.54) is 0 Å². The van der Waals surface area contributed by atoms with Crippen LogP contribution in [0.4, 0.5) is 0 Å². The van der Waals surface area contributed by atoms with Crippen molar-refractivity contribution in [2.75, 3.05) is 0 Å². The Morgan fingerprint density at radius 1 is 1.15 bits per heavy atom. The molecule has 0 spiro atoms. The maximum absolute atomic E-state index is 4.67. The van der Waals surface area contributed by atoms with Crippen molar-refractivity contribution >= 4 is 10.9 Å². The molecule has 0 saturated carbocycles. The molecule has 0 bridgehead atoms. The molecular weight excluding hydrogens is 250 g/mol. The Morgan fingerprint density at radius 2 is 1.90 bits per heavy atom. The summed E-state index contributed by atoms with van der Waals surface area (Å²) in [5, 5.41) is 9.99. The van der Waals surface area contributed by atoms with Gasteiger partial charge in [-0.3, -0.25) is 14.3 Å². The average Bonchev–Trinajstić information content (AvgIpc) is 2.93. The highest BCUT2D eigenvalue weighted by atomic mass is 15.3. The third kappa shape index (κ3) is 2.09. The van der Waals surface area contributed by atoms with Gasteiger partial charge in [0.15, 0.2) is 0 Å². The fraction of sp³-hybridized carbons (Fsp3) is 0.400.